The van der Waals surface area contributed by atoms with Crippen LogP contribution in [0.15, 0.2) is 30.3 Å². The Balaban J connectivity index is 1.41. The Labute approximate surface area is 125 Å². The molecule has 2 saturated carbocycles. The Kier molecular flexibility index (Phi) is 4.15. The first-order chi connectivity index (χ1) is 10.2. The predicted molar refractivity (Wildman–Crippen MR) is 82.2 cm³/mol. The fraction of sp³-hybridized carbons (Fsp3) is 0.588. The van der Waals surface area contributed by atoms with Crippen LogP contribution in [0.2, 0.25) is 0 Å². The molecule has 2 fully saturated rings. The average molecular weight is 288 g/mol. The van der Waals surface area contributed by atoms with Gasteiger partial charge in [-0.15, -0.1) is 0 Å². The highest BCUT2D eigenvalue weighted by molar-refractivity contribution is 5.75. The van der Waals surface area contributed by atoms with Crippen LogP contribution in [0.3, 0.4) is 0 Å². The van der Waals surface area contributed by atoms with Crippen LogP contribution in [0.4, 0.5) is 4.79 Å². The predicted octanol–water partition coefficient (Wildman–Crippen LogP) is 2.54. The van der Waals surface area contributed by atoms with E-state index < -0.39 is 5.60 Å². The first-order valence-corrected chi connectivity index (χ1v) is 7.98. The summed E-state index contributed by atoms with van der Waals surface area (Å²) in [4.78, 5) is 11.9. The highest BCUT2D eigenvalue weighted by Crippen LogP contribution is 2.40. The highest BCUT2D eigenvalue weighted by Gasteiger charge is 2.39. The van der Waals surface area contributed by atoms with Gasteiger partial charge in [-0.1, -0.05) is 49.6 Å². The van der Waals surface area contributed by atoms with E-state index in [4.69, 9.17) is 0 Å². The highest BCUT2D eigenvalue weighted by atomic mass is 16.3. The monoisotopic (exact) mass is 288 g/mol. The first kappa shape index (κ1) is 14.4. The molecule has 2 amide bonds. The second-order valence-corrected chi connectivity index (χ2v) is 6.47. The lowest BCUT2D eigenvalue weighted by Crippen LogP contribution is -2.47. The molecule has 3 N–H and O–H groups in total. The molecular weight excluding hydrogens is 264 g/mol. The Morgan fingerprint density at radius 2 is 1.90 bits per heavy atom. The van der Waals surface area contributed by atoms with Gasteiger partial charge in [-0.2, -0.15) is 0 Å². The van der Waals surface area contributed by atoms with Crippen LogP contribution in [0, 0.1) is 0 Å². The molecule has 114 valence electrons. The molecule has 2 aliphatic rings. The van der Waals surface area contributed by atoms with Gasteiger partial charge in [-0.05, 0) is 24.8 Å². The summed E-state index contributed by atoms with van der Waals surface area (Å²) in [5, 5.41) is 16.2. The molecule has 0 radical (unpaired) electrons. The van der Waals surface area contributed by atoms with Crippen molar-refractivity contribution in [1.82, 2.24) is 10.6 Å². The van der Waals surface area contributed by atoms with Gasteiger partial charge in [0.25, 0.3) is 0 Å². The minimum absolute atomic E-state index is 0.155. The van der Waals surface area contributed by atoms with E-state index in [1.54, 1.807) is 0 Å². The molecule has 0 spiro atoms. The molecule has 4 heteroatoms. The lowest BCUT2D eigenvalue weighted by atomic mass is 9.85. The Morgan fingerprint density at radius 3 is 2.62 bits per heavy atom. The van der Waals surface area contributed by atoms with Crippen LogP contribution in [-0.2, 0) is 0 Å². The molecule has 4 nitrogen and oxygen atoms in total. The zero-order valence-electron chi connectivity index (χ0n) is 12.3. The maximum Gasteiger partial charge on any atom is 0.315 e. The Morgan fingerprint density at radius 1 is 1.19 bits per heavy atom. The van der Waals surface area contributed by atoms with Crippen molar-refractivity contribution in [3.63, 3.8) is 0 Å². The molecule has 0 saturated heterocycles. The van der Waals surface area contributed by atoms with E-state index in [1.165, 1.54) is 12.0 Å². The van der Waals surface area contributed by atoms with E-state index in [2.05, 4.69) is 22.8 Å². The number of hydrogen-bond donors (Lipinski definition) is 3. The molecule has 0 bridgehead atoms. The maximum absolute atomic E-state index is 11.9. The molecule has 0 aromatic heterocycles. The van der Waals surface area contributed by atoms with E-state index in [9.17, 15) is 9.90 Å². The lowest BCUT2D eigenvalue weighted by Gasteiger charge is -2.32. The van der Waals surface area contributed by atoms with E-state index >= 15 is 0 Å². The van der Waals surface area contributed by atoms with Crippen LogP contribution in [0.1, 0.15) is 50.0 Å². The number of nitrogens with one attached hydrogen (secondary N) is 2. The number of carbonyl (C=O) groups excluding carboxylic acids is 1. The number of amides is 2. The molecule has 2 atom stereocenters. The lowest BCUT2D eigenvalue weighted by molar-refractivity contribution is 0.00718. The smallest absolute Gasteiger partial charge is 0.315 e. The SMILES string of the molecule is O=C(NCC1(O)CCCCC1)NC1CC1c1ccccc1. The molecule has 1 aromatic carbocycles. The number of rotatable bonds is 4. The minimum atomic E-state index is -0.696. The molecule has 3 rings (SSSR count). The zero-order valence-corrected chi connectivity index (χ0v) is 12.3. The van der Waals surface area contributed by atoms with Crippen molar-refractivity contribution >= 4 is 6.03 Å². The minimum Gasteiger partial charge on any atom is -0.388 e. The van der Waals surface area contributed by atoms with Gasteiger partial charge in [0.05, 0.1) is 5.60 Å². The molecule has 1 aromatic rings. The van der Waals surface area contributed by atoms with Crippen molar-refractivity contribution in [2.75, 3.05) is 6.54 Å². The largest absolute Gasteiger partial charge is 0.388 e. The number of hydrogen-bond acceptors (Lipinski definition) is 2. The van der Waals surface area contributed by atoms with Crippen molar-refractivity contribution in [1.29, 1.82) is 0 Å². The van der Waals surface area contributed by atoms with E-state index in [-0.39, 0.29) is 12.1 Å². The fourth-order valence-electron chi connectivity index (χ4n) is 3.27. The van der Waals surface area contributed by atoms with Crippen molar-refractivity contribution < 1.29 is 9.90 Å². The summed E-state index contributed by atoms with van der Waals surface area (Å²) >= 11 is 0. The fourth-order valence-corrected chi connectivity index (χ4v) is 3.27. The second kappa shape index (κ2) is 6.06. The Bertz CT molecular complexity index is 483. The van der Waals surface area contributed by atoms with Gasteiger partial charge in [0.15, 0.2) is 0 Å². The van der Waals surface area contributed by atoms with Crippen LogP contribution in [0.25, 0.3) is 0 Å². The van der Waals surface area contributed by atoms with Gasteiger partial charge in [-0.25, -0.2) is 4.79 Å². The van der Waals surface area contributed by atoms with Crippen LogP contribution < -0.4 is 10.6 Å². The quantitative estimate of drug-likeness (QED) is 0.797. The topological polar surface area (TPSA) is 61.4 Å². The van der Waals surface area contributed by atoms with Gasteiger partial charge in [-0.3, -0.25) is 0 Å². The van der Waals surface area contributed by atoms with E-state index in [0.717, 1.165) is 32.1 Å². The summed E-state index contributed by atoms with van der Waals surface area (Å²) in [6.45, 7) is 0.363. The normalized spacial score (nSPS) is 26.9. The molecule has 2 aliphatic carbocycles. The van der Waals surface area contributed by atoms with Crippen molar-refractivity contribution in [2.45, 2.75) is 56.1 Å². The molecule has 2 unspecified atom stereocenters. The third kappa shape index (κ3) is 3.76. The van der Waals surface area contributed by atoms with Crippen molar-refractivity contribution in [2.24, 2.45) is 0 Å². The van der Waals surface area contributed by atoms with Gasteiger partial charge in [0.1, 0.15) is 0 Å². The standard InChI is InChI=1S/C17H24N2O2/c20-16(18-12-17(21)9-5-2-6-10-17)19-15-11-14(15)13-7-3-1-4-8-13/h1,3-4,7-8,14-15,21H,2,5-6,9-12H2,(H2,18,19,20). The third-order valence-corrected chi connectivity index (χ3v) is 4.70. The van der Waals surface area contributed by atoms with Gasteiger partial charge in [0, 0.05) is 18.5 Å². The summed E-state index contributed by atoms with van der Waals surface area (Å²) in [6, 6.07) is 10.4. The summed E-state index contributed by atoms with van der Waals surface area (Å²) in [5.74, 6) is 0.440. The van der Waals surface area contributed by atoms with Gasteiger partial charge < -0.3 is 15.7 Å². The maximum atomic E-state index is 11.9. The number of carbonyl (C=O) groups is 1. The molecule has 0 heterocycles. The number of benzene rings is 1. The van der Waals surface area contributed by atoms with Gasteiger partial charge in [0.2, 0.25) is 0 Å². The van der Waals surface area contributed by atoms with Crippen molar-refractivity contribution in [3.05, 3.63) is 35.9 Å². The number of aliphatic hydroxyl groups is 1. The molecule has 0 aliphatic heterocycles. The van der Waals surface area contributed by atoms with Crippen LogP contribution in [0.5, 0.6) is 0 Å². The summed E-state index contributed by atoms with van der Waals surface area (Å²) < 4.78 is 0. The van der Waals surface area contributed by atoms with Crippen LogP contribution >= 0.6 is 0 Å². The Hall–Kier alpha value is -1.55. The van der Waals surface area contributed by atoms with Crippen LogP contribution in [-0.4, -0.2) is 29.3 Å². The summed E-state index contributed by atoms with van der Waals surface area (Å²) in [6.07, 6.45) is 5.89. The summed E-state index contributed by atoms with van der Waals surface area (Å²) in [7, 11) is 0. The third-order valence-electron chi connectivity index (χ3n) is 4.70. The number of urea groups is 1. The van der Waals surface area contributed by atoms with E-state index in [1.807, 2.05) is 18.2 Å². The summed E-state index contributed by atoms with van der Waals surface area (Å²) in [5.41, 5.74) is 0.589. The van der Waals surface area contributed by atoms with Crippen molar-refractivity contribution in [3.8, 4) is 0 Å². The zero-order chi connectivity index (χ0) is 14.7. The molecule has 21 heavy (non-hydrogen) atoms. The second-order valence-electron chi connectivity index (χ2n) is 6.47. The average Bonchev–Trinajstić information content (AvgIpc) is 3.26. The molecular formula is C17H24N2O2. The van der Waals surface area contributed by atoms with E-state index in [0.29, 0.717) is 12.5 Å². The van der Waals surface area contributed by atoms with Gasteiger partial charge >= 0.3 is 6.03 Å². The first-order valence-electron chi connectivity index (χ1n) is 7.98.